The number of rotatable bonds is 2. The van der Waals surface area contributed by atoms with E-state index in [0.717, 1.165) is 4.88 Å². The first kappa shape index (κ1) is 11.6. The maximum Gasteiger partial charge on any atom is 0.253 e. The summed E-state index contributed by atoms with van der Waals surface area (Å²) in [7, 11) is -3.48. The van der Waals surface area contributed by atoms with Gasteiger partial charge in [0.1, 0.15) is 4.21 Å². The standard InChI is InChI=1S/C9H12N2O3S2/c1-7-2-3-9(15-7)16(13,14)11-5-4-10-8(12)6-11/h2-3H,4-6H2,1H3,(H,10,12). The molecule has 2 heterocycles. The molecule has 1 aromatic heterocycles. The largest absolute Gasteiger partial charge is 0.354 e. The van der Waals surface area contributed by atoms with Crippen molar-refractivity contribution in [1.82, 2.24) is 9.62 Å². The minimum absolute atomic E-state index is 0.0840. The van der Waals surface area contributed by atoms with Gasteiger partial charge in [0, 0.05) is 18.0 Å². The molecule has 0 bridgehead atoms. The number of nitrogens with zero attached hydrogens (tertiary/aromatic N) is 1. The van der Waals surface area contributed by atoms with Crippen LogP contribution in [0.25, 0.3) is 0 Å². The van der Waals surface area contributed by atoms with Crippen LogP contribution >= 0.6 is 11.3 Å². The van der Waals surface area contributed by atoms with Crippen LogP contribution in [0.3, 0.4) is 0 Å². The van der Waals surface area contributed by atoms with E-state index in [2.05, 4.69) is 5.32 Å². The van der Waals surface area contributed by atoms with Crippen LogP contribution in [0.1, 0.15) is 4.88 Å². The van der Waals surface area contributed by atoms with E-state index >= 15 is 0 Å². The summed E-state index contributed by atoms with van der Waals surface area (Å²) in [6, 6.07) is 3.35. The first-order valence-corrected chi connectivity index (χ1v) is 7.09. The lowest BCUT2D eigenvalue weighted by molar-refractivity contribution is -0.122. The predicted molar refractivity (Wildman–Crippen MR) is 60.8 cm³/mol. The first-order chi connectivity index (χ1) is 7.50. The lowest BCUT2D eigenvalue weighted by Crippen LogP contribution is -2.49. The summed E-state index contributed by atoms with van der Waals surface area (Å²) >= 11 is 1.23. The van der Waals surface area contributed by atoms with Crippen molar-refractivity contribution in [2.75, 3.05) is 19.6 Å². The summed E-state index contributed by atoms with van der Waals surface area (Å²) < 4.78 is 25.7. The van der Waals surface area contributed by atoms with Gasteiger partial charge in [-0.1, -0.05) is 0 Å². The normalized spacial score (nSPS) is 18.4. The van der Waals surface area contributed by atoms with Crippen LogP contribution in [0.15, 0.2) is 16.3 Å². The molecule has 0 unspecified atom stereocenters. The van der Waals surface area contributed by atoms with E-state index in [4.69, 9.17) is 0 Å². The lowest BCUT2D eigenvalue weighted by atomic mass is 10.4. The molecule has 1 amide bonds. The number of carbonyl (C=O) groups excluding carboxylic acids is 1. The number of hydrogen-bond donors (Lipinski definition) is 1. The highest BCUT2D eigenvalue weighted by Gasteiger charge is 2.29. The van der Waals surface area contributed by atoms with Gasteiger partial charge in [-0.05, 0) is 19.1 Å². The second kappa shape index (κ2) is 4.15. The Labute approximate surface area is 98.1 Å². The fourth-order valence-corrected chi connectivity index (χ4v) is 4.33. The minimum atomic E-state index is -3.48. The van der Waals surface area contributed by atoms with Gasteiger partial charge in [-0.25, -0.2) is 8.42 Å². The number of thiophene rings is 1. The zero-order chi connectivity index (χ0) is 11.8. The van der Waals surface area contributed by atoms with Crippen LogP contribution in [-0.4, -0.2) is 38.3 Å². The number of hydrogen-bond acceptors (Lipinski definition) is 4. The molecular weight excluding hydrogens is 248 g/mol. The molecular formula is C9H12N2O3S2. The van der Waals surface area contributed by atoms with E-state index in [1.54, 1.807) is 12.1 Å². The van der Waals surface area contributed by atoms with Gasteiger partial charge in [-0.15, -0.1) is 11.3 Å². The van der Waals surface area contributed by atoms with Crippen LogP contribution in [0, 0.1) is 6.92 Å². The van der Waals surface area contributed by atoms with Crippen molar-refractivity contribution < 1.29 is 13.2 Å². The van der Waals surface area contributed by atoms with Gasteiger partial charge in [0.15, 0.2) is 0 Å². The number of amides is 1. The Morgan fingerprint density at radius 2 is 2.19 bits per heavy atom. The Balaban J connectivity index is 2.28. The molecule has 16 heavy (non-hydrogen) atoms. The Hall–Kier alpha value is -0.920. The van der Waals surface area contributed by atoms with Gasteiger partial charge >= 0.3 is 0 Å². The molecule has 88 valence electrons. The van der Waals surface area contributed by atoms with E-state index < -0.39 is 10.0 Å². The van der Waals surface area contributed by atoms with Gasteiger partial charge in [-0.2, -0.15) is 4.31 Å². The van der Waals surface area contributed by atoms with Crippen LogP contribution in [0.4, 0.5) is 0 Å². The van der Waals surface area contributed by atoms with E-state index in [1.807, 2.05) is 6.92 Å². The fourth-order valence-electron chi connectivity index (χ4n) is 1.50. The summed E-state index contributed by atoms with van der Waals surface area (Å²) in [6.45, 7) is 2.49. The third kappa shape index (κ3) is 2.11. The summed E-state index contributed by atoms with van der Waals surface area (Å²) in [5.41, 5.74) is 0. The molecule has 0 aromatic carbocycles. The predicted octanol–water partition coefficient (Wildman–Crippen LogP) is 0.177. The highest BCUT2D eigenvalue weighted by molar-refractivity contribution is 7.91. The molecule has 0 atom stereocenters. The maximum atomic E-state index is 12.1. The Morgan fingerprint density at radius 1 is 1.44 bits per heavy atom. The Morgan fingerprint density at radius 3 is 2.75 bits per heavy atom. The van der Waals surface area contributed by atoms with Crippen molar-refractivity contribution in [3.63, 3.8) is 0 Å². The van der Waals surface area contributed by atoms with Crippen LogP contribution in [0.5, 0.6) is 0 Å². The maximum absolute atomic E-state index is 12.1. The van der Waals surface area contributed by atoms with Gasteiger partial charge in [-0.3, -0.25) is 4.79 Å². The summed E-state index contributed by atoms with van der Waals surface area (Å²) in [4.78, 5) is 12.1. The third-order valence-electron chi connectivity index (χ3n) is 2.31. The second-order valence-corrected chi connectivity index (χ2v) is 7.01. The van der Waals surface area contributed by atoms with Gasteiger partial charge in [0.05, 0.1) is 6.54 Å². The molecule has 5 nitrogen and oxygen atoms in total. The zero-order valence-electron chi connectivity index (χ0n) is 8.76. The quantitative estimate of drug-likeness (QED) is 0.824. The van der Waals surface area contributed by atoms with Gasteiger partial charge in [0.2, 0.25) is 5.91 Å². The molecule has 1 saturated heterocycles. The van der Waals surface area contributed by atoms with E-state index in [1.165, 1.54) is 15.6 Å². The third-order valence-corrected chi connectivity index (χ3v) is 5.63. The van der Waals surface area contributed by atoms with E-state index in [9.17, 15) is 13.2 Å². The number of carbonyl (C=O) groups is 1. The monoisotopic (exact) mass is 260 g/mol. The molecule has 1 aliphatic rings. The van der Waals surface area contributed by atoms with Gasteiger partial charge < -0.3 is 5.32 Å². The molecule has 0 radical (unpaired) electrons. The average molecular weight is 260 g/mol. The van der Waals surface area contributed by atoms with Crippen LogP contribution < -0.4 is 5.32 Å². The van der Waals surface area contributed by atoms with Gasteiger partial charge in [0.25, 0.3) is 10.0 Å². The number of piperazine rings is 1. The topological polar surface area (TPSA) is 66.5 Å². The second-order valence-electron chi connectivity index (χ2n) is 3.55. The fraction of sp³-hybridized carbons (Fsp3) is 0.444. The molecule has 0 aliphatic carbocycles. The van der Waals surface area contributed by atoms with E-state index in [-0.39, 0.29) is 12.5 Å². The number of nitrogens with one attached hydrogen (secondary N) is 1. The van der Waals surface area contributed by atoms with Crippen LogP contribution in [-0.2, 0) is 14.8 Å². The zero-order valence-corrected chi connectivity index (χ0v) is 10.4. The Kier molecular flexibility index (Phi) is 3.00. The summed E-state index contributed by atoms with van der Waals surface area (Å²) in [5.74, 6) is -0.247. The smallest absolute Gasteiger partial charge is 0.253 e. The first-order valence-electron chi connectivity index (χ1n) is 4.83. The molecule has 0 spiro atoms. The van der Waals surface area contributed by atoms with Crippen molar-refractivity contribution in [1.29, 1.82) is 0 Å². The molecule has 7 heteroatoms. The molecule has 1 aliphatic heterocycles. The molecule has 0 saturated carbocycles. The van der Waals surface area contributed by atoms with Crippen molar-refractivity contribution in [3.8, 4) is 0 Å². The van der Waals surface area contributed by atoms with Crippen LogP contribution in [0.2, 0.25) is 0 Å². The SMILES string of the molecule is Cc1ccc(S(=O)(=O)N2CCNC(=O)C2)s1. The van der Waals surface area contributed by atoms with Crippen molar-refractivity contribution >= 4 is 27.3 Å². The molecule has 1 aromatic rings. The van der Waals surface area contributed by atoms with Crippen molar-refractivity contribution in [2.45, 2.75) is 11.1 Å². The highest BCUT2D eigenvalue weighted by Crippen LogP contribution is 2.24. The number of sulfonamides is 1. The average Bonchev–Trinajstić information content (AvgIpc) is 2.65. The molecule has 2 rings (SSSR count). The lowest BCUT2D eigenvalue weighted by Gasteiger charge is -2.25. The van der Waals surface area contributed by atoms with Crippen molar-refractivity contribution in [2.24, 2.45) is 0 Å². The summed E-state index contributed by atoms with van der Waals surface area (Å²) in [5, 5.41) is 2.60. The number of aryl methyl sites for hydroxylation is 1. The Bertz CT molecular complexity index is 507. The molecule has 1 fully saturated rings. The minimum Gasteiger partial charge on any atom is -0.354 e. The summed E-state index contributed by atoms with van der Waals surface area (Å²) in [6.07, 6.45) is 0. The molecule has 1 N–H and O–H groups in total. The highest BCUT2D eigenvalue weighted by atomic mass is 32.2. The van der Waals surface area contributed by atoms with E-state index in [0.29, 0.717) is 17.3 Å². The van der Waals surface area contributed by atoms with Crippen molar-refractivity contribution in [3.05, 3.63) is 17.0 Å².